The van der Waals surface area contributed by atoms with Crippen LogP contribution in [0.5, 0.6) is 0 Å². The molecule has 0 saturated heterocycles. The van der Waals surface area contributed by atoms with Crippen molar-refractivity contribution in [2.24, 2.45) is 0 Å². The van der Waals surface area contributed by atoms with Crippen molar-refractivity contribution in [3.8, 4) is 0 Å². The van der Waals surface area contributed by atoms with E-state index in [0.29, 0.717) is 0 Å². The van der Waals surface area contributed by atoms with Gasteiger partial charge in [0.05, 0.1) is 20.6 Å². The Bertz CT molecular complexity index is 257. The first-order chi connectivity index (χ1) is 7.23. The average molecular weight is 244 g/mol. The molecule has 0 fully saturated rings. The summed E-state index contributed by atoms with van der Waals surface area (Å²) >= 11 is 0. The minimum absolute atomic E-state index is 0.791. The highest BCUT2D eigenvalue weighted by molar-refractivity contribution is 6.03. The van der Waals surface area contributed by atoms with Gasteiger partial charge in [-0.3, -0.25) is 0 Å². The number of esters is 2. The maximum Gasteiger partial charge on any atom is 0.393 e. The molecule has 0 N–H and O–H groups in total. The Labute approximate surface area is 89.5 Å². The number of carbonyl (C=O) groups excluding carboxylic acids is 2. The van der Waals surface area contributed by atoms with Gasteiger partial charge in [-0.2, -0.15) is 13.2 Å². The number of hydrogen-bond donors (Lipinski definition) is 0. The molecule has 0 aliphatic carbocycles. The van der Waals surface area contributed by atoms with Crippen molar-refractivity contribution in [2.75, 3.05) is 21.3 Å². The van der Waals surface area contributed by atoms with Gasteiger partial charge in [-0.05, 0) is 0 Å². The third-order valence-electron chi connectivity index (χ3n) is 1.83. The largest absolute Gasteiger partial charge is 0.466 e. The number of halogens is 3. The molecule has 0 heterocycles. The Morgan fingerprint density at radius 2 is 1.38 bits per heavy atom. The standard InChI is InChI=1S/C8H11F3O5/c1-14-5(12)7(16-3,6(13)15-2)4-8(9,10)11/h4H2,1-3H3. The van der Waals surface area contributed by atoms with Gasteiger partial charge in [0.2, 0.25) is 0 Å². The molecule has 0 unspecified atom stereocenters. The fourth-order valence-corrected chi connectivity index (χ4v) is 1.08. The topological polar surface area (TPSA) is 61.8 Å². The van der Waals surface area contributed by atoms with Crippen LogP contribution >= 0.6 is 0 Å². The van der Waals surface area contributed by atoms with Crippen molar-refractivity contribution in [1.29, 1.82) is 0 Å². The van der Waals surface area contributed by atoms with E-state index in [1.807, 2.05) is 0 Å². The fourth-order valence-electron chi connectivity index (χ4n) is 1.08. The predicted octanol–water partition coefficient (Wildman–Crippen LogP) is 0.670. The Morgan fingerprint density at radius 1 is 1.00 bits per heavy atom. The van der Waals surface area contributed by atoms with Crippen LogP contribution < -0.4 is 0 Å². The summed E-state index contributed by atoms with van der Waals surface area (Å²) in [6.45, 7) is 0. The SMILES string of the molecule is COC(=O)C(CC(F)(F)F)(OC)C(=O)OC. The van der Waals surface area contributed by atoms with Gasteiger partial charge in [0.1, 0.15) is 0 Å². The molecule has 0 aromatic heterocycles. The molecule has 0 aliphatic rings. The van der Waals surface area contributed by atoms with Crippen molar-refractivity contribution >= 4 is 11.9 Å². The number of rotatable bonds is 4. The van der Waals surface area contributed by atoms with E-state index >= 15 is 0 Å². The van der Waals surface area contributed by atoms with Crippen LogP contribution in [0.15, 0.2) is 0 Å². The molecule has 0 aromatic carbocycles. The summed E-state index contributed by atoms with van der Waals surface area (Å²) in [5.74, 6) is -2.92. The lowest BCUT2D eigenvalue weighted by molar-refractivity contribution is -0.213. The van der Waals surface area contributed by atoms with Crippen LogP contribution in [-0.4, -0.2) is 45.0 Å². The van der Waals surface area contributed by atoms with Crippen molar-refractivity contribution < 1.29 is 37.0 Å². The van der Waals surface area contributed by atoms with E-state index in [1.165, 1.54) is 0 Å². The second-order valence-electron chi connectivity index (χ2n) is 2.81. The summed E-state index contributed by atoms with van der Waals surface area (Å²) in [6.07, 6.45) is -6.59. The zero-order valence-electron chi connectivity index (χ0n) is 8.88. The predicted molar refractivity (Wildman–Crippen MR) is 44.4 cm³/mol. The van der Waals surface area contributed by atoms with E-state index in [4.69, 9.17) is 0 Å². The normalized spacial score (nSPS) is 12.1. The van der Waals surface area contributed by atoms with E-state index in [-0.39, 0.29) is 0 Å². The van der Waals surface area contributed by atoms with Crippen LogP contribution in [0.3, 0.4) is 0 Å². The first-order valence-corrected chi connectivity index (χ1v) is 4.02. The molecule has 0 radical (unpaired) electrons. The quantitative estimate of drug-likeness (QED) is 0.537. The van der Waals surface area contributed by atoms with E-state index < -0.39 is 30.1 Å². The monoisotopic (exact) mass is 244 g/mol. The third kappa shape index (κ3) is 3.09. The average Bonchev–Trinajstić information content (AvgIpc) is 2.22. The van der Waals surface area contributed by atoms with Crippen molar-refractivity contribution in [3.63, 3.8) is 0 Å². The lowest BCUT2D eigenvalue weighted by Gasteiger charge is -2.27. The molecule has 0 spiro atoms. The van der Waals surface area contributed by atoms with Crippen LogP contribution in [0.4, 0.5) is 13.2 Å². The van der Waals surface area contributed by atoms with Gasteiger partial charge in [-0.1, -0.05) is 0 Å². The van der Waals surface area contributed by atoms with Crippen LogP contribution in [0, 0.1) is 0 Å². The first-order valence-electron chi connectivity index (χ1n) is 4.02. The molecular formula is C8H11F3O5. The number of carbonyl (C=O) groups is 2. The summed E-state index contributed by atoms with van der Waals surface area (Å²) in [7, 11) is 2.48. The third-order valence-corrected chi connectivity index (χ3v) is 1.83. The summed E-state index contributed by atoms with van der Waals surface area (Å²) in [5.41, 5.74) is -2.80. The van der Waals surface area contributed by atoms with Crippen LogP contribution in [0.2, 0.25) is 0 Å². The molecule has 5 nitrogen and oxygen atoms in total. The second kappa shape index (κ2) is 5.15. The smallest absolute Gasteiger partial charge is 0.393 e. The first kappa shape index (κ1) is 14.7. The van der Waals surface area contributed by atoms with Gasteiger partial charge < -0.3 is 14.2 Å². The van der Waals surface area contributed by atoms with Gasteiger partial charge in [0.15, 0.2) is 0 Å². The zero-order chi connectivity index (χ0) is 13.0. The van der Waals surface area contributed by atoms with E-state index in [1.54, 1.807) is 0 Å². The van der Waals surface area contributed by atoms with Crippen LogP contribution in [0.1, 0.15) is 6.42 Å². The maximum absolute atomic E-state index is 12.2. The van der Waals surface area contributed by atoms with Gasteiger partial charge in [-0.25, -0.2) is 9.59 Å². The number of methoxy groups -OCH3 is 3. The molecule has 0 bridgehead atoms. The van der Waals surface area contributed by atoms with E-state index in [9.17, 15) is 22.8 Å². The summed E-state index contributed by atoms with van der Waals surface area (Å²) in [4.78, 5) is 22.4. The lowest BCUT2D eigenvalue weighted by Crippen LogP contribution is -2.52. The van der Waals surface area contributed by atoms with E-state index in [2.05, 4.69) is 14.2 Å². The highest BCUT2D eigenvalue weighted by Gasteiger charge is 2.56. The molecule has 8 heteroatoms. The van der Waals surface area contributed by atoms with Gasteiger partial charge >= 0.3 is 18.1 Å². The summed E-state index contributed by atoms with van der Waals surface area (Å²) < 4.78 is 49.3. The van der Waals surface area contributed by atoms with Gasteiger partial charge in [0.25, 0.3) is 5.60 Å². The Hall–Kier alpha value is -1.31. The van der Waals surface area contributed by atoms with Gasteiger partial charge in [-0.15, -0.1) is 0 Å². The summed E-state index contributed by atoms with van der Waals surface area (Å²) in [6, 6.07) is 0. The fraction of sp³-hybridized carbons (Fsp3) is 0.750. The molecule has 94 valence electrons. The number of hydrogen-bond acceptors (Lipinski definition) is 5. The van der Waals surface area contributed by atoms with Gasteiger partial charge in [0, 0.05) is 7.11 Å². The second-order valence-corrected chi connectivity index (χ2v) is 2.81. The summed E-state index contributed by atoms with van der Waals surface area (Å²) in [5, 5.41) is 0. The molecule has 0 aromatic rings. The maximum atomic E-state index is 12.2. The Balaban J connectivity index is 5.29. The molecule has 0 amide bonds. The zero-order valence-corrected chi connectivity index (χ0v) is 8.88. The molecule has 0 rings (SSSR count). The van der Waals surface area contributed by atoms with Crippen molar-refractivity contribution in [2.45, 2.75) is 18.2 Å². The van der Waals surface area contributed by atoms with Crippen molar-refractivity contribution in [1.82, 2.24) is 0 Å². The minimum atomic E-state index is -4.78. The molecule has 0 atom stereocenters. The number of ether oxygens (including phenoxy) is 3. The highest BCUT2D eigenvalue weighted by Crippen LogP contribution is 2.31. The molecular weight excluding hydrogens is 233 g/mol. The van der Waals surface area contributed by atoms with Crippen molar-refractivity contribution in [3.05, 3.63) is 0 Å². The minimum Gasteiger partial charge on any atom is -0.466 e. The molecule has 16 heavy (non-hydrogen) atoms. The number of alkyl halides is 3. The van der Waals surface area contributed by atoms with E-state index in [0.717, 1.165) is 21.3 Å². The van der Waals surface area contributed by atoms with Crippen LogP contribution in [0.25, 0.3) is 0 Å². The Kier molecular flexibility index (Phi) is 4.73. The lowest BCUT2D eigenvalue weighted by atomic mass is 9.99. The van der Waals surface area contributed by atoms with Crippen LogP contribution in [-0.2, 0) is 23.8 Å². The molecule has 0 aliphatic heterocycles. The highest BCUT2D eigenvalue weighted by atomic mass is 19.4. The molecule has 0 saturated carbocycles. The Morgan fingerprint density at radius 3 is 1.56 bits per heavy atom.